The molecule has 4 saturated carbocycles. The van der Waals surface area contributed by atoms with E-state index in [1.807, 2.05) is 0 Å². The summed E-state index contributed by atoms with van der Waals surface area (Å²) in [5.41, 5.74) is 0.516. The van der Waals surface area contributed by atoms with Crippen LogP contribution < -0.4 is 4.72 Å². The van der Waals surface area contributed by atoms with Crippen molar-refractivity contribution < 1.29 is 8.42 Å². The van der Waals surface area contributed by atoms with Gasteiger partial charge in [0, 0.05) is 12.6 Å². The molecule has 0 atom stereocenters. The van der Waals surface area contributed by atoms with Gasteiger partial charge >= 0.3 is 0 Å². The highest BCUT2D eigenvalue weighted by atomic mass is 32.2. The third-order valence-electron chi connectivity index (χ3n) is 5.87. The topological polar surface area (TPSA) is 64.0 Å². The van der Waals surface area contributed by atoms with Crippen molar-refractivity contribution in [1.82, 2.24) is 14.5 Å². The maximum Gasteiger partial charge on any atom is 0.244 e. The fraction of sp³-hybridized carbons (Fsp3) is 0.800. The van der Waals surface area contributed by atoms with Crippen molar-refractivity contribution in [2.45, 2.75) is 55.9 Å². The van der Waals surface area contributed by atoms with Crippen molar-refractivity contribution >= 4 is 10.0 Å². The molecule has 4 aliphatic rings. The second kappa shape index (κ2) is 4.32. The van der Waals surface area contributed by atoms with Gasteiger partial charge in [0.1, 0.15) is 4.90 Å². The van der Waals surface area contributed by atoms with Gasteiger partial charge in [0.05, 0.1) is 11.9 Å². The van der Waals surface area contributed by atoms with Gasteiger partial charge in [-0.3, -0.25) is 4.68 Å². The van der Waals surface area contributed by atoms with E-state index in [4.69, 9.17) is 0 Å². The summed E-state index contributed by atoms with van der Waals surface area (Å²) in [5.74, 6) is 2.19. The van der Waals surface area contributed by atoms with Crippen LogP contribution in [-0.4, -0.2) is 23.7 Å². The number of hydrogen-bond donors (Lipinski definition) is 1. The van der Waals surface area contributed by atoms with Crippen molar-refractivity contribution in [2.24, 2.45) is 24.8 Å². The Hall–Kier alpha value is -0.880. The predicted octanol–water partition coefficient (Wildman–Crippen LogP) is 1.98. The van der Waals surface area contributed by atoms with Gasteiger partial charge in [-0.2, -0.15) is 5.10 Å². The second-order valence-electron chi connectivity index (χ2n) is 7.52. The first-order valence-electron chi connectivity index (χ1n) is 7.89. The van der Waals surface area contributed by atoms with E-state index in [1.165, 1.54) is 25.5 Å². The highest BCUT2D eigenvalue weighted by Gasteiger charge is 2.52. The molecule has 0 unspecified atom stereocenters. The van der Waals surface area contributed by atoms with Crippen LogP contribution in [0.5, 0.6) is 0 Å². The van der Waals surface area contributed by atoms with Crippen LogP contribution in [0.15, 0.2) is 11.1 Å². The summed E-state index contributed by atoms with van der Waals surface area (Å²) >= 11 is 0. The lowest BCUT2D eigenvalue weighted by molar-refractivity contribution is -0.00810. The average Bonchev–Trinajstić information content (AvgIpc) is 2.67. The summed E-state index contributed by atoms with van der Waals surface area (Å²) in [4.78, 5) is 0.334. The van der Waals surface area contributed by atoms with E-state index < -0.39 is 10.0 Å². The van der Waals surface area contributed by atoms with E-state index in [9.17, 15) is 8.42 Å². The van der Waals surface area contributed by atoms with Gasteiger partial charge in [-0.15, -0.1) is 0 Å². The van der Waals surface area contributed by atoms with E-state index in [0.29, 0.717) is 10.6 Å². The van der Waals surface area contributed by atoms with Crippen LogP contribution in [0, 0.1) is 24.7 Å². The lowest BCUT2D eigenvalue weighted by Crippen LogP contribution is -2.59. The van der Waals surface area contributed by atoms with Gasteiger partial charge in [-0.25, -0.2) is 13.1 Å². The average molecular weight is 309 g/mol. The molecule has 4 aliphatic carbocycles. The van der Waals surface area contributed by atoms with Crippen molar-refractivity contribution in [3.63, 3.8) is 0 Å². The first-order chi connectivity index (χ1) is 9.87. The van der Waals surface area contributed by atoms with E-state index in [-0.39, 0.29) is 5.54 Å². The van der Waals surface area contributed by atoms with Crippen molar-refractivity contribution in [3.05, 3.63) is 11.9 Å². The monoisotopic (exact) mass is 309 g/mol. The van der Waals surface area contributed by atoms with Crippen LogP contribution in [0.1, 0.15) is 44.2 Å². The Labute approximate surface area is 126 Å². The van der Waals surface area contributed by atoms with Gasteiger partial charge in [0.25, 0.3) is 0 Å². The Bertz CT molecular complexity index is 642. The number of nitrogens with one attached hydrogen (secondary N) is 1. The van der Waals surface area contributed by atoms with E-state index >= 15 is 0 Å². The third kappa shape index (κ3) is 2.14. The normalized spacial score (nSPS) is 38.1. The van der Waals surface area contributed by atoms with Crippen LogP contribution >= 0.6 is 0 Å². The predicted molar refractivity (Wildman–Crippen MR) is 79.2 cm³/mol. The first kappa shape index (κ1) is 13.8. The Morgan fingerprint density at radius 2 is 1.71 bits per heavy atom. The molecule has 0 aliphatic heterocycles. The molecule has 4 fully saturated rings. The molecule has 0 spiro atoms. The number of aromatic nitrogens is 2. The zero-order valence-corrected chi connectivity index (χ0v) is 13.5. The molecular weight excluding hydrogens is 286 g/mol. The number of rotatable bonds is 3. The lowest BCUT2D eigenvalue weighted by atomic mass is 9.53. The lowest BCUT2D eigenvalue weighted by Gasteiger charge is -2.56. The largest absolute Gasteiger partial charge is 0.272 e. The van der Waals surface area contributed by atoms with Gasteiger partial charge in [0.2, 0.25) is 10.0 Å². The fourth-order valence-corrected chi connectivity index (χ4v) is 6.95. The Balaban J connectivity index is 1.65. The highest BCUT2D eigenvalue weighted by molar-refractivity contribution is 7.89. The molecule has 5 nitrogen and oxygen atoms in total. The number of sulfonamides is 1. The summed E-state index contributed by atoms with van der Waals surface area (Å²) in [6.07, 6.45) is 8.48. The summed E-state index contributed by atoms with van der Waals surface area (Å²) in [6, 6.07) is 0. The number of nitrogens with zero attached hydrogens (tertiary/aromatic N) is 2. The number of aryl methyl sites for hydroxylation is 1. The van der Waals surface area contributed by atoms with E-state index in [1.54, 1.807) is 18.7 Å². The molecule has 116 valence electrons. The first-order valence-corrected chi connectivity index (χ1v) is 9.38. The molecule has 0 radical (unpaired) electrons. The highest BCUT2D eigenvalue weighted by Crippen LogP contribution is 2.55. The molecule has 0 aromatic carbocycles. The molecule has 5 rings (SSSR count). The van der Waals surface area contributed by atoms with Crippen LogP contribution in [0.2, 0.25) is 0 Å². The summed E-state index contributed by atoms with van der Waals surface area (Å²) in [5, 5.41) is 4.07. The quantitative estimate of drug-likeness (QED) is 0.928. The Morgan fingerprint density at radius 3 is 2.14 bits per heavy atom. The second-order valence-corrected chi connectivity index (χ2v) is 9.17. The minimum Gasteiger partial charge on any atom is -0.272 e. The van der Waals surface area contributed by atoms with Crippen molar-refractivity contribution in [2.75, 3.05) is 0 Å². The molecule has 1 aromatic heterocycles. The molecule has 1 N–H and O–H groups in total. The molecular formula is C15H23N3O2S. The summed E-state index contributed by atoms with van der Waals surface area (Å²) in [7, 11) is -1.69. The van der Waals surface area contributed by atoms with Gasteiger partial charge in [-0.1, -0.05) is 0 Å². The summed E-state index contributed by atoms with van der Waals surface area (Å²) in [6.45, 7) is 1.81. The third-order valence-corrected chi connectivity index (χ3v) is 7.55. The minimum atomic E-state index is -3.47. The Kier molecular flexibility index (Phi) is 2.83. The smallest absolute Gasteiger partial charge is 0.244 e. The molecule has 6 heteroatoms. The fourth-order valence-electron chi connectivity index (χ4n) is 5.32. The standard InChI is InChI=1S/C15H23N3O2S/c1-10-14(9-16-18(10)2)21(19,20)17-15-6-11-3-12(7-15)5-13(4-11)8-15/h9,11-13,17H,3-8H2,1-2H3. The molecule has 1 aromatic rings. The molecule has 0 saturated heterocycles. The van der Waals surface area contributed by atoms with Gasteiger partial charge in [0.15, 0.2) is 0 Å². The maximum absolute atomic E-state index is 12.8. The van der Waals surface area contributed by atoms with Crippen molar-refractivity contribution in [3.8, 4) is 0 Å². The summed E-state index contributed by atoms with van der Waals surface area (Å²) < 4.78 is 30.3. The van der Waals surface area contributed by atoms with E-state index in [2.05, 4.69) is 9.82 Å². The van der Waals surface area contributed by atoms with Crippen molar-refractivity contribution in [1.29, 1.82) is 0 Å². The van der Waals surface area contributed by atoms with Gasteiger partial charge < -0.3 is 0 Å². The van der Waals surface area contributed by atoms with Crippen LogP contribution in [0.25, 0.3) is 0 Å². The molecule has 1 heterocycles. The Morgan fingerprint density at radius 1 is 1.19 bits per heavy atom. The molecule has 4 bridgehead atoms. The van der Waals surface area contributed by atoms with Gasteiger partial charge in [-0.05, 0) is 63.2 Å². The van der Waals surface area contributed by atoms with Crippen LogP contribution in [-0.2, 0) is 17.1 Å². The zero-order chi connectivity index (χ0) is 14.8. The van der Waals surface area contributed by atoms with Crippen LogP contribution in [0.4, 0.5) is 0 Å². The minimum absolute atomic E-state index is 0.185. The SMILES string of the molecule is Cc1c(S(=O)(=O)NC23CC4CC(CC(C4)C2)C3)cnn1C. The number of hydrogen-bond acceptors (Lipinski definition) is 3. The maximum atomic E-state index is 12.8. The molecule has 21 heavy (non-hydrogen) atoms. The van der Waals surface area contributed by atoms with Crippen LogP contribution in [0.3, 0.4) is 0 Å². The zero-order valence-electron chi connectivity index (χ0n) is 12.7. The molecule has 0 amide bonds. The van der Waals surface area contributed by atoms with E-state index in [0.717, 1.165) is 37.0 Å².